The van der Waals surface area contributed by atoms with Crippen LogP contribution < -0.4 is 15.5 Å². The Morgan fingerprint density at radius 2 is 1.73 bits per heavy atom. The molecule has 0 aliphatic carbocycles. The van der Waals surface area contributed by atoms with Crippen LogP contribution in [0.2, 0.25) is 0 Å². The molecule has 0 saturated carbocycles. The predicted molar refractivity (Wildman–Crippen MR) is 101 cm³/mol. The van der Waals surface area contributed by atoms with Crippen LogP contribution in [0.4, 0.5) is 11.4 Å². The molecule has 0 bridgehead atoms. The van der Waals surface area contributed by atoms with E-state index in [1.54, 1.807) is 0 Å². The van der Waals surface area contributed by atoms with Gasteiger partial charge < -0.3 is 15.5 Å². The molecule has 2 saturated heterocycles. The highest BCUT2D eigenvalue weighted by Gasteiger charge is 2.29. The number of carbonyl (C=O) groups is 2. The van der Waals surface area contributed by atoms with Crippen LogP contribution in [0.5, 0.6) is 0 Å². The summed E-state index contributed by atoms with van der Waals surface area (Å²) in [4.78, 5) is 26.2. The summed E-state index contributed by atoms with van der Waals surface area (Å²) >= 11 is 0. The van der Waals surface area contributed by atoms with Gasteiger partial charge in [0, 0.05) is 30.5 Å². The van der Waals surface area contributed by atoms with Crippen LogP contribution in [0.25, 0.3) is 0 Å². The summed E-state index contributed by atoms with van der Waals surface area (Å²) in [5.74, 6) is -0.810. The summed E-state index contributed by atoms with van der Waals surface area (Å²) in [5.41, 5.74) is 1.79. The molecule has 0 aromatic heterocycles. The Morgan fingerprint density at radius 1 is 1.04 bits per heavy atom. The van der Waals surface area contributed by atoms with Crippen LogP contribution in [-0.2, 0) is 19.4 Å². The third-order valence-corrected chi connectivity index (χ3v) is 6.56. The number of sulfone groups is 1. The van der Waals surface area contributed by atoms with Crippen LogP contribution >= 0.6 is 0 Å². The molecular formula is C18H25N3O4S. The number of nitrogens with one attached hydrogen (secondary N) is 2. The average Bonchev–Trinajstić information content (AvgIpc) is 2.94. The summed E-state index contributed by atoms with van der Waals surface area (Å²) in [6.45, 7) is 2.12. The number of hydrogen-bond donors (Lipinski definition) is 2. The molecule has 1 aromatic carbocycles. The molecule has 2 aliphatic rings. The van der Waals surface area contributed by atoms with Crippen molar-refractivity contribution >= 4 is 33.0 Å². The van der Waals surface area contributed by atoms with Gasteiger partial charge in [0.05, 0.1) is 11.5 Å². The lowest BCUT2D eigenvalue weighted by Gasteiger charge is -2.28. The van der Waals surface area contributed by atoms with Gasteiger partial charge >= 0.3 is 0 Å². The Labute approximate surface area is 154 Å². The van der Waals surface area contributed by atoms with E-state index in [0.29, 0.717) is 12.1 Å². The molecule has 142 valence electrons. The summed E-state index contributed by atoms with van der Waals surface area (Å²) < 4.78 is 22.8. The average molecular weight is 379 g/mol. The van der Waals surface area contributed by atoms with Crippen LogP contribution in [0, 0.1) is 0 Å². The van der Waals surface area contributed by atoms with E-state index in [4.69, 9.17) is 0 Å². The van der Waals surface area contributed by atoms with Crippen LogP contribution in [0.15, 0.2) is 24.3 Å². The van der Waals surface area contributed by atoms with Gasteiger partial charge in [-0.2, -0.15) is 0 Å². The Kier molecular flexibility index (Phi) is 5.80. The van der Waals surface area contributed by atoms with Gasteiger partial charge in [0.1, 0.15) is 6.42 Å². The number of anilines is 2. The van der Waals surface area contributed by atoms with Gasteiger partial charge in [-0.1, -0.05) is 0 Å². The summed E-state index contributed by atoms with van der Waals surface area (Å²) in [6.07, 6.45) is 3.78. The van der Waals surface area contributed by atoms with Crippen LogP contribution in [0.1, 0.15) is 32.1 Å². The van der Waals surface area contributed by atoms with Crippen molar-refractivity contribution in [3.63, 3.8) is 0 Å². The van der Waals surface area contributed by atoms with E-state index in [9.17, 15) is 18.0 Å². The number of hydrogen-bond acceptors (Lipinski definition) is 5. The van der Waals surface area contributed by atoms with Gasteiger partial charge in [0.15, 0.2) is 9.84 Å². The highest BCUT2D eigenvalue weighted by Crippen LogP contribution is 2.21. The van der Waals surface area contributed by atoms with Crippen molar-refractivity contribution in [1.82, 2.24) is 5.32 Å². The van der Waals surface area contributed by atoms with E-state index in [1.165, 1.54) is 19.3 Å². The van der Waals surface area contributed by atoms with Gasteiger partial charge in [-0.15, -0.1) is 0 Å². The molecule has 1 unspecified atom stereocenters. The second-order valence-corrected chi connectivity index (χ2v) is 9.22. The fourth-order valence-electron chi connectivity index (χ4n) is 3.45. The van der Waals surface area contributed by atoms with Gasteiger partial charge in [-0.3, -0.25) is 9.59 Å². The molecule has 3 rings (SSSR count). The van der Waals surface area contributed by atoms with Crippen molar-refractivity contribution in [3.05, 3.63) is 24.3 Å². The lowest BCUT2D eigenvalue weighted by Crippen LogP contribution is -2.37. The lowest BCUT2D eigenvalue weighted by atomic mass is 10.1. The number of amides is 2. The Hall–Kier alpha value is -2.09. The largest absolute Gasteiger partial charge is 0.372 e. The molecule has 1 atom stereocenters. The molecule has 26 heavy (non-hydrogen) atoms. The van der Waals surface area contributed by atoms with E-state index >= 15 is 0 Å². The molecule has 1 aromatic rings. The van der Waals surface area contributed by atoms with Gasteiger partial charge in [-0.05, 0) is 49.9 Å². The van der Waals surface area contributed by atoms with Gasteiger partial charge in [-0.25, -0.2) is 8.42 Å². The third kappa shape index (κ3) is 5.20. The summed E-state index contributed by atoms with van der Waals surface area (Å²) in [7, 11) is -3.05. The maximum atomic E-state index is 12.0. The fraction of sp³-hybridized carbons (Fsp3) is 0.556. The van der Waals surface area contributed by atoms with Crippen molar-refractivity contribution < 1.29 is 18.0 Å². The molecule has 2 amide bonds. The molecule has 2 heterocycles. The van der Waals surface area contributed by atoms with E-state index in [0.717, 1.165) is 18.8 Å². The minimum atomic E-state index is -3.05. The highest BCUT2D eigenvalue weighted by molar-refractivity contribution is 7.91. The molecular weight excluding hydrogens is 354 g/mol. The van der Waals surface area contributed by atoms with E-state index in [1.807, 2.05) is 24.3 Å². The molecule has 7 nitrogen and oxygen atoms in total. The minimum absolute atomic E-state index is 0.0433. The smallest absolute Gasteiger partial charge is 0.233 e. The predicted octanol–water partition coefficient (Wildman–Crippen LogP) is 1.31. The topological polar surface area (TPSA) is 95.6 Å². The maximum absolute atomic E-state index is 12.0. The zero-order valence-electron chi connectivity index (χ0n) is 14.7. The molecule has 0 radical (unpaired) electrons. The second kappa shape index (κ2) is 8.07. The molecule has 2 N–H and O–H groups in total. The normalized spacial score (nSPS) is 22.0. The summed E-state index contributed by atoms with van der Waals surface area (Å²) in [6, 6.07) is 7.24. The third-order valence-electron chi connectivity index (χ3n) is 4.79. The Balaban J connectivity index is 1.46. The first kappa shape index (κ1) is 18.7. The first-order valence-corrected chi connectivity index (χ1v) is 10.9. The maximum Gasteiger partial charge on any atom is 0.233 e. The Morgan fingerprint density at radius 3 is 2.35 bits per heavy atom. The quantitative estimate of drug-likeness (QED) is 0.752. The number of benzene rings is 1. The number of carbonyl (C=O) groups excluding carboxylic acids is 2. The van der Waals surface area contributed by atoms with Crippen LogP contribution in [-0.4, -0.2) is 50.9 Å². The van der Waals surface area contributed by atoms with E-state index < -0.39 is 21.7 Å². The summed E-state index contributed by atoms with van der Waals surface area (Å²) in [5, 5.41) is 5.33. The zero-order valence-corrected chi connectivity index (χ0v) is 15.6. The van der Waals surface area contributed by atoms with Crippen molar-refractivity contribution in [2.45, 2.75) is 38.1 Å². The first-order chi connectivity index (χ1) is 12.4. The van der Waals surface area contributed by atoms with Crippen molar-refractivity contribution in [2.24, 2.45) is 0 Å². The minimum Gasteiger partial charge on any atom is -0.372 e. The van der Waals surface area contributed by atoms with Crippen LogP contribution in [0.3, 0.4) is 0 Å². The first-order valence-electron chi connectivity index (χ1n) is 9.06. The zero-order chi connectivity index (χ0) is 18.6. The Bertz CT molecular complexity index is 755. The highest BCUT2D eigenvalue weighted by atomic mass is 32.2. The number of nitrogens with zero attached hydrogens (tertiary/aromatic N) is 1. The van der Waals surface area contributed by atoms with E-state index in [-0.39, 0.29) is 24.0 Å². The SMILES string of the molecule is O=C(CC(=O)NC1CCS(=O)(=O)C1)Nc1ccc(N2CCCCC2)cc1. The van der Waals surface area contributed by atoms with Crippen molar-refractivity contribution in [2.75, 3.05) is 34.8 Å². The fourth-order valence-corrected chi connectivity index (χ4v) is 5.12. The standard InChI is InChI=1S/C18H25N3O4S/c22-17(12-18(23)20-15-8-11-26(24,25)13-15)19-14-4-6-16(7-5-14)21-9-2-1-3-10-21/h4-7,15H,1-3,8-13H2,(H,19,22)(H,20,23). The second-order valence-electron chi connectivity index (χ2n) is 6.99. The molecule has 2 aliphatic heterocycles. The van der Waals surface area contributed by atoms with Crippen molar-refractivity contribution in [3.8, 4) is 0 Å². The van der Waals surface area contributed by atoms with E-state index in [2.05, 4.69) is 15.5 Å². The van der Waals surface area contributed by atoms with Crippen molar-refractivity contribution in [1.29, 1.82) is 0 Å². The lowest BCUT2D eigenvalue weighted by molar-refractivity contribution is -0.127. The number of rotatable bonds is 5. The monoisotopic (exact) mass is 379 g/mol. The number of piperidine rings is 1. The van der Waals surface area contributed by atoms with Gasteiger partial charge in [0.2, 0.25) is 11.8 Å². The molecule has 2 fully saturated rings. The molecule has 0 spiro atoms. The van der Waals surface area contributed by atoms with Gasteiger partial charge in [0.25, 0.3) is 0 Å². The molecule has 8 heteroatoms.